The Bertz CT molecular complexity index is 496. The van der Waals surface area contributed by atoms with Crippen LogP contribution in [-0.2, 0) is 16.1 Å². The minimum absolute atomic E-state index is 0.0592. The molecule has 1 atom stereocenters. The van der Waals surface area contributed by atoms with Crippen molar-refractivity contribution in [1.29, 1.82) is 0 Å². The van der Waals surface area contributed by atoms with E-state index in [2.05, 4.69) is 0 Å². The molecule has 1 aromatic carbocycles. The lowest BCUT2D eigenvalue weighted by Crippen LogP contribution is -2.41. The number of hydrogen-bond donors (Lipinski definition) is 2. The fraction of sp³-hybridized carbons (Fsp3) is 0.385. The summed E-state index contributed by atoms with van der Waals surface area (Å²) in [5, 5.41) is 10.9. The van der Waals surface area contributed by atoms with Gasteiger partial charge < -0.3 is 15.2 Å². The van der Waals surface area contributed by atoms with Crippen molar-refractivity contribution in [1.82, 2.24) is 5.32 Å². The van der Waals surface area contributed by atoms with Crippen LogP contribution < -0.4 is 5.32 Å². The lowest BCUT2D eigenvalue weighted by atomic mass is 10.2. The number of amides is 1. The quantitative estimate of drug-likeness (QED) is 0.800. The van der Waals surface area contributed by atoms with Crippen LogP contribution in [-0.4, -0.2) is 34.5 Å². The van der Waals surface area contributed by atoms with Gasteiger partial charge in [0.1, 0.15) is 12.6 Å². The molecule has 1 rings (SSSR count). The first-order valence-corrected chi connectivity index (χ1v) is 7.17. The fourth-order valence-corrected chi connectivity index (χ4v) is 2.04. The van der Waals surface area contributed by atoms with Crippen molar-refractivity contribution in [2.75, 3.05) is 5.75 Å². The number of carbonyl (C=O) groups is 2. The fourth-order valence-electron chi connectivity index (χ4n) is 1.46. The highest BCUT2D eigenvalue weighted by atomic mass is 32.2. The van der Waals surface area contributed by atoms with Crippen molar-refractivity contribution < 1.29 is 32.6 Å². The predicted octanol–water partition coefficient (Wildman–Crippen LogP) is 3.01. The van der Waals surface area contributed by atoms with Crippen LogP contribution in [0.25, 0.3) is 0 Å². The van der Waals surface area contributed by atoms with Crippen molar-refractivity contribution in [2.45, 2.75) is 24.6 Å². The summed E-state index contributed by atoms with van der Waals surface area (Å²) in [6.07, 6.45) is -1.35. The maximum absolute atomic E-state index is 12.0. The molecule has 0 spiro atoms. The predicted molar refractivity (Wildman–Crippen MR) is 74.3 cm³/mol. The second-order valence-corrected chi connectivity index (χ2v) is 5.34. The van der Waals surface area contributed by atoms with Gasteiger partial charge in [-0.05, 0) is 12.0 Å². The van der Waals surface area contributed by atoms with Gasteiger partial charge in [0.25, 0.3) is 0 Å². The van der Waals surface area contributed by atoms with Gasteiger partial charge in [0.2, 0.25) is 0 Å². The summed E-state index contributed by atoms with van der Waals surface area (Å²) >= 11 is -0.339. The zero-order valence-corrected chi connectivity index (χ0v) is 12.1. The van der Waals surface area contributed by atoms with Gasteiger partial charge in [0.15, 0.2) is 0 Å². The highest BCUT2D eigenvalue weighted by Crippen LogP contribution is 2.30. The van der Waals surface area contributed by atoms with E-state index in [1.54, 1.807) is 30.3 Å². The van der Waals surface area contributed by atoms with Crippen molar-refractivity contribution in [3.63, 3.8) is 0 Å². The van der Waals surface area contributed by atoms with Crippen LogP contribution in [0.5, 0.6) is 0 Å². The Labute approximate surface area is 128 Å². The largest absolute Gasteiger partial charge is 0.480 e. The zero-order valence-electron chi connectivity index (χ0n) is 11.3. The van der Waals surface area contributed by atoms with Crippen molar-refractivity contribution in [3.05, 3.63) is 35.9 Å². The van der Waals surface area contributed by atoms with Gasteiger partial charge in [-0.15, -0.1) is 0 Å². The van der Waals surface area contributed by atoms with E-state index in [0.717, 1.165) is 0 Å². The number of ether oxygens (including phenoxy) is 1. The third kappa shape index (κ3) is 7.77. The van der Waals surface area contributed by atoms with Gasteiger partial charge in [-0.3, -0.25) is 0 Å². The summed E-state index contributed by atoms with van der Waals surface area (Å²) in [5.41, 5.74) is -3.73. The normalized spacial score (nSPS) is 12.5. The first-order chi connectivity index (χ1) is 10.3. The van der Waals surface area contributed by atoms with Crippen molar-refractivity contribution >= 4 is 23.8 Å². The molecule has 0 unspecified atom stereocenters. The number of aliphatic carboxylic acids is 1. The van der Waals surface area contributed by atoms with Crippen molar-refractivity contribution in [3.8, 4) is 0 Å². The third-order valence-corrected chi connectivity index (χ3v) is 3.24. The summed E-state index contributed by atoms with van der Waals surface area (Å²) in [6, 6.07) is 7.25. The van der Waals surface area contributed by atoms with E-state index >= 15 is 0 Å². The number of thioether (sulfide) groups is 1. The van der Waals surface area contributed by atoms with Gasteiger partial charge in [0, 0.05) is 5.75 Å². The molecule has 0 aromatic heterocycles. The van der Waals surface area contributed by atoms with Crippen LogP contribution >= 0.6 is 11.8 Å². The molecule has 0 aliphatic carbocycles. The first-order valence-electron chi connectivity index (χ1n) is 6.18. The molecular formula is C13H14F3NO4S. The Morgan fingerprint density at radius 2 is 1.91 bits per heavy atom. The Balaban J connectivity index is 2.39. The van der Waals surface area contributed by atoms with Gasteiger partial charge >= 0.3 is 17.6 Å². The molecule has 5 nitrogen and oxygen atoms in total. The number of carbonyl (C=O) groups excluding carboxylic acids is 1. The molecule has 0 saturated heterocycles. The average molecular weight is 337 g/mol. The Morgan fingerprint density at radius 3 is 2.45 bits per heavy atom. The maximum Gasteiger partial charge on any atom is 0.441 e. The summed E-state index contributed by atoms with van der Waals surface area (Å²) in [7, 11) is 0. The Kier molecular flexibility index (Phi) is 7.03. The van der Waals surface area contributed by atoms with Crippen LogP contribution in [0.3, 0.4) is 0 Å². The highest BCUT2D eigenvalue weighted by Gasteiger charge is 2.29. The van der Waals surface area contributed by atoms with Crippen LogP contribution in [0, 0.1) is 0 Å². The van der Waals surface area contributed by atoms with Crippen LogP contribution in [0.15, 0.2) is 30.3 Å². The van der Waals surface area contributed by atoms with Gasteiger partial charge in [-0.2, -0.15) is 13.2 Å². The molecule has 0 fully saturated rings. The molecule has 0 bridgehead atoms. The van der Waals surface area contributed by atoms with Crippen LogP contribution in [0.2, 0.25) is 0 Å². The SMILES string of the molecule is O=C(N[C@@H](CCSC(F)(F)F)C(=O)O)OCc1ccccc1. The third-order valence-electron chi connectivity index (χ3n) is 2.48. The molecule has 0 saturated carbocycles. The van der Waals surface area contributed by atoms with Crippen LogP contribution in [0.1, 0.15) is 12.0 Å². The summed E-state index contributed by atoms with van der Waals surface area (Å²) in [5.74, 6) is -1.89. The molecule has 9 heteroatoms. The monoisotopic (exact) mass is 337 g/mol. The Hall–Kier alpha value is -1.90. The van der Waals surface area contributed by atoms with E-state index in [0.29, 0.717) is 5.56 Å². The number of benzene rings is 1. The summed E-state index contributed by atoms with van der Waals surface area (Å²) in [4.78, 5) is 22.4. The number of rotatable bonds is 7. The molecule has 1 aromatic rings. The van der Waals surface area contributed by atoms with E-state index in [1.165, 1.54) is 0 Å². The standard InChI is InChI=1S/C13H14F3NO4S/c14-13(15,16)22-7-6-10(11(18)19)17-12(20)21-8-9-4-2-1-3-5-9/h1-5,10H,6-8H2,(H,17,20)(H,18,19)/t10-/m0/s1. The maximum atomic E-state index is 12.0. The molecule has 0 heterocycles. The molecule has 0 aliphatic rings. The molecule has 0 aliphatic heterocycles. The number of alkyl halides is 3. The molecule has 0 radical (unpaired) electrons. The average Bonchev–Trinajstić information content (AvgIpc) is 2.43. The summed E-state index contributed by atoms with van der Waals surface area (Å²) in [6.45, 7) is -0.0592. The van der Waals surface area contributed by atoms with Gasteiger partial charge in [-0.1, -0.05) is 42.1 Å². The van der Waals surface area contributed by atoms with E-state index < -0.39 is 29.4 Å². The zero-order chi connectivity index (χ0) is 16.6. The van der Waals surface area contributed by atoms with E-state index in [4.69, 9.17) is 9.84 Å². The van der Waals surface area contributed by atoms with Crippen LogP contribution in [0.4, 0.5) is 18.0 Å². The van der Waals surface area contributed by atoms with E-state index in [-0.39, 0.29) is 24.8 Å². The first kappa shape index (κ1) is 18.1. The highest BCUT2D eigenvalue weighted by molar-refractivity contribution is 8.00. The topological polar surface area (TPSA) is 75.6 Å². The minimum Gasteiger partial charge on any atom is -0.480 e. The Morgan fingerprint density at radius 1 is 1.27 bits per heavy atom. The minimum atomic E-state index is -4.43. The van der Waals surface area contributed by atoms with E-state index in [1.807, 2.05) is 5.32 Å². The number of carboxylic acid groups (broad SMARTS) is 1. The van der Waals surface area contributed by atoms with E-state index in [9.17, 15) is 22.8 Å². The van der Waals surface area contributed by atoms with Gasteiger partial charge in [-0.25, -0.2) is 9.59 Å². The van der Waals surface area contributed by atoms with Gasteiger partial charge in [0.05, 0.1) is 0 Å². The number of alkyl carbamates (subject to hydrolysis) is 1. The number of halogens is 3. The number of hydrogen-bond acceptors (Lipinski definition) is 4. The summed E-state index contributed by atoms with van der Waals surface area (Å²) < 4.78 is 40.8. The van der Waals surface area contributed by atoms with Crippen molar-refractivity contribution in [2.24, 2.45) is 0 Å². The molecule has 2 N–H and O–H groups in total. The molecule has 1 amide bonds. The molecule has 122 valence electrons. The second-order valence-electron chi connectivity index (χ2n) is 4.18. The smallest absolute Gasteiger partial charge is 0.441 e. The number of nitrogens with one attached hydrogen (secondary N) is 1. The molecule has 22 heavy (non-hydrogen) atoms. The lowest BCUT2D eigenvalue weighted by Gasteiger charge is -2.15. The molecular weight excluding hydrogens is 323 g/mol. The second kappa shape index (κ2) is 8.52. The number of carboxylic acids is 1. The lowest BCUT2D eigenvalue weighted by molar-refractivity contribution is -0.139.